The predicted molar refractivity (Wildman–Crippen MR) is 89.2 cm³/mol. The van der Waals surface area contributed by atoms with E-state index in [2.05, 4.69) is 22.5 Å². The van der Waals surface area contributed by atoms with Crippen molar-refractivity contribution in [1.29, 1.82) is 0 Å². The van der Waals surface area contributed by atoms with Gasteiger partial charge in [-0.25, -0.2) is 9.59 Å². The third-order valence-electron chi connectivity index (χ3n) is 3.40. The molecule has 0 fully saturated rings. The summed E-state index contributed by atoms with van der Waals surface area (Å²) in [4.78, 5) is 27.3. The highest BCUT2D eigenvalue weighted by atomic mass is 16.2. The van der Waals surface area contributed by atoms with Crippen molar-refractivity contribution in [3.8, 4) is 0 Å². The summed E-state index contributed by atoms with van der Waals surface area (Å²) in [5, 5.41) is 5.24. The van der Waals surface area contributed by atoms with Crippen molar-refractivity contribution in [2.75, 3.05) is 11.9 Å². The summed E-state index contributed by atoms with van der Waals surface area (Å²) in [7, 11) is 0. The van der Waals surface area contributed by atoms with Gasteiger partial charge in [0.25, 0.3) is 0 Å². The summed E-state index contributed by atoms with van der Waals surface area (Å²) in [6.45, 7) is 5.45. The number of amides is 2. The largest absolute Gasteiger partial charge is 0.349 e. The summed E-state index contributed by atoms with van der Waals surface area (Å²) in [6.07, 6.45) is 9.66. The van der Waals surface area contributed by atoms with E-state index < -0.39 is 0 Å². The van der Waals surface area contributed by atoms with E-state index in [1.807, 2.05) is 6.92 Å². The van der Waals surface area contributed by atoms with Crippen LogP contribution in [0, 0.1) is 0 Å². The van der Waals surface area contributed by atoms with Crippen LogP contribution in [0.5, 0.6) is 0 Å². The lowest BCUT2D eigenvalue weighted by Crippen LogP contribution is -2.31. The summed E-state index contributed by atoms with van der Waals surface area (Å²) in [6, 6.07) is 1.33. The first kappa shape index (κ1) is 18.2. The number of unbranched alkanes of at least 4 members (excludes halogenated alkanes) is 5. The number of aromatic nitrogens is 2. The maximum Gasteiger partial charge on any atom is 0.349 e. The first-order chi connectivity index (χ1) is 10.7. The van der Waals surface area contributed by atoms with Gasteiger partial charge in [-0.3, -0.25) is 9.88 Å². The molecule has 0 saturated carbocycles. The zero-order chi connectivity index (χ0) is 16.2. The molecule has 0 bridgehead atoms. The maximum absolute atomic E-state index is 11.9. The molecular weight excluding hydrogens is 280 g/mol. The molecule has 1 rings (SSSR count). The van der Waals surface area contributed by atoms with Crippen molar-refractivity contribution in [1.82, 2.24) is 14.9 Å². The molecule has 1 aromatic heterocycles. The molecule has 6 nitrogen and oxygen atoms in total. The molecule has 1 aromatic rings. The second-order valence-electron chi connectivity index (χ2n) is 5.44. The molecular formula is C16H28N4O2. The Morgan fingerprint density at radius 1 is 1.14 bits per heavy atom. The molecule has 2 N–H and O–H groups in total. The van der Waals surface area contributed by atoms with Crippen LogP contribution in [0.4, 0.5) is 10.6 Å². The highest BCUT2D eigenvalue weighted by molar-refractivity contribution is 5.87. The minimum absolute atomic E-state index is 0.290. The van der Waals surface area contributed by atoms with Gasteiger partial charge in [0, 0.05) is 19.3 Å². The molecule has 0 spiro atoms. The number of rotatable bonds is 10. The smallest absolute Gasteiger partial charge is 0.338 e. The van der Waals surface area contributed by atoms with Crippen LogP contribution in [0.1, 0.15) is 58.8 Å². The molecule has 124 valence electrons. The van der Waals surface area contributed by atoms with E-state index >= 15 is 0 Å². The molecule has 2 amide bonds. The second-order valence-corrected chi connectivity index (χ2v) is 5.44. The normalized spacial score (nSPS) is 10.5. The van der Waals surface area contributed by atoms with Crippen LogP contribution in [-0.2, 0) is 6.54 Å². The Balaban J connectivity index is 2.38. The van der Waals surface area contributed by atoms with Gasteiger partial charge in [-0.15, -0.1) is 0 Å². The SMILES string of the molecule is CCCCCCCCn1ccc(NC(=O)NCCC)nc1=O. The minimum Gasteiger partial charge on any atom is -0.338 e. The molecule has 0 radical (unpaired) electrons. The number of hydrogen-bond donors (Lipinski definition) is 2. The van der Waals surface area contributed by atoms with E-state index in [4.69, 9.17) is 0 Å². The fourth-order valence-corrected chi connectivity index (χ4v) is 2.13. The van der Waals surface area contributed by atoms with Gasteiger partial charge >= 0.3 is 11.7 Å². The van der Waals surface area contributed by atoms with Gasteiger partial charge in [-0.05, 0) is 18.9 Å². The Labute approximate surface area is 132 Å². The lowest BCUT2D eigenvalue weighted by molar-refractivity contribution is 0.252. The van der Waals surface area contributed by atoms with Crippen LogP contribution in [-0.4, -0.2) is 22.1 Å². The van der Waals surface area contributed by atoms with E-state index in [0.717, 1.165) is 19.3 Å². The van der Waals surface area contributed by atoms with E-state index in [1.165, 1.54) is 25.7 Å². The van der Waals surface area contributed by atoms with Crippen molar-refractivity contribution in [2.24, 2.45) is 0 Å². The van der Waals surface area contributed by atoms with Crippen LogP contribution in [0.2, 0.25) is 0 Å². The molecule has 0 aromatic carbocycles. The quantitative estimate of drug-likeness (QED) is 0.652. The van der Waals surface area contributed by atoms with Gasteiger partial charge in [0.05, 0.1) is 0 Å². The van der Waals surface area contributed by atoms with Crippen molar-refractivity contribution >= 4 is 11.8 Å². The fraction of sp³-hybridized carbons (Fsp3) is 0.688. The van der Waals surface area contributed by atoms with E-state index in [9.17, 15) is 9.59 Å². The maximum atomic E-state index is 11.9. The van der Waals surface area contributed by atoms with Gasteiger partial charge < -0.3 is 5.32 Å². The number of hydrogen-bond acceptors (Lipinski definition) is 3. The van der Waals surface area contributed by atoms with Crippen molar-refractivity contribution in [2.45, 2.75) is 65.3 Å². The standard InChI is InChI=1S/C16H28N4O2/c1-3-5-6-7-8-9-12-20-13-10-14(19-16(20)22)18-15(21)17-11-4-2/h10,13H,3-9,11-12H2,1-2H3,(H2,17,18,19,21,22). The predicted octanol–water partition coefficient (Wildman–Crippen LogP) is 3.14. The molecule has 0 atom stereocenters. The zero-order valence-corrected chi connectivity index (χ0v) is 13.7. The summed E-state index contributed by atoms with van der Waals surface area (Å²) >= 11 is 0. The molecule has 0 aliphatic rings. The summed E-state index contributed by atoms with van der Waals surface area (Å²) in [5.41, 5.74) is -0.318. The second kappa shape index (κ2) is 10.8. The number of anilines is 1. The van der Waals surface area contributed by atoms with Gasteiger partial charge in [-0.2, -0.15) is 4.98 Å². The molecule has 22 heavy (non-hydrogen) atoms. The molecule has 0 unspecified atom stereocenters. The molecule has 1 heterocycles. The average molecular weight is 308 g/mol. The average Bonchev–Trinajstić information content (AvgIpc) is 2.50. The molecule has 0 aliphatic carbocycles. The monoisotopic (exact) mass is 308 g/mol. The van der Waals surface area contributed by atoms with Gasteiger partial charge in [0.15, 0.2) is 0 Å². The van der Waals surface area contributed by atoms with Crippen LogP contribution in [0.3, 0.4) is 0 Å². The highest BCUT2D eigenvalue weighted by Gasteiger charge is 2.04. The third-order valence-corrected chi connectivity index (χ3v) is 3.40. The third kappa shape index (κ3) is 7.24. The number of urea groups is 1. The van der Waals surface area contributed by atoms with Gasteiger partial charge in [-0.1, -0.05) is 46.0 Å². The number of nitrogens with one attached hydrogen (secondary N) is 2. The lowest BCUT2D eigenvalue weighted by Gasteiger charge is -2.08. The highest BCUT2D eigenvalue weighted by Crippen LogP contribution is 2.06. The van der Waals surface area contributed by atoms with Crippen molar-refractivity contribution in [3.63, 3.8) is 0 Å². The Morgan fingerprint density at radius 3 is 2.55 bits per heavy atom. The van der Waals surface area contributed by atoms with E-state index in [-0.39, 0.29) is 17.5 Å². The summed E-state index contributed by atoms with van der Waals surface area (Å²) < 4.78 is 1.59. The topological polar surface area (TPSA) is 76.0 Å². The van der Waals surface area contributed by atoms with Crippen molar-refractivity contribution < 1.29 is 4.79 Å². The Kier molecular flexibility index (Phi) is 8.95. The van der Waals surface area contributed by atoms with Gasteiger partial charge in [0.1, 0.15) is 5.82 Å². The number of aryl methyl sites for hydroxylation is 1. The van der Waals surface area contributed by atoms with Crippen molar-refractivity contribution in [3.05, 3.63) is 22.7 Å². The van der Waals surface area contributed by atoms with E-state index in [1.54, 1.807) is 16.8 Å². The lowest BCUT2D eigenvalue weighted by atomic mass is 10.1. The van der Waals surface area contributed by atoms with Crippen LogP contribution < -0.4 is 16.3 Å². The first-order valence-corrected chi connectivity index (χ1v) is 8.29. The molecule has 0 saturated heterocycles. The van der Waals surface area contributed by atoms with Crippen LogP contribution in [0.15, 0.2) is 17.1 Å². The Morgan fingerprint density at radius 2 is 1.86 bits per heavy atom. The number of carbonyl (C=O) groups excluding carboxylic acids is 1. The minimum atomic E-state index is -0.331. The zero-order valence-electron chi connectivity index (χ0n) is 13.7. The Hall–Kier alpha value is -1.85. The molecule has 6 heteroatoms. The summed E-state index contributed by atoms with van der Waals surface area (Å²) in [5.74, 6) is 0.290. The van der Waals surface area contributed by atoms with E-state index in [0.29, 0.717) is 13.1 Å². The van der Waals surface area contributed by atoms with Crippen LogP contribution in [0.25, 0.3) is 0 Å². The molecule has 0 aliphatic heterocycles. The van der Waals surface area contributed by atoms with Crippen LogP contribution >= 0.6 is 0 Å². The number of nitrogens with zero attached hydrogens (tertiary/aromatic N) is 2. The first-order valence-electron chi connectivity index (χ1n) is 8.29. The van der Waals surface area contributed by atoms with Gasteiger partial charge in [0.2, 0.25) is 0 Å². The Bertz CT molecular complexity index is 499. The number of carbonyl (C=O) groups is 1. The fourth-order valence-electron chi connectivity index (χ4n) is 2.13.